The van der Waals surface area contributed by atoms with Crippen LogP contribution in [-0.2, 0) is 6.54 Å². The van der Waals surface area contributed by atoms with Gasteiger partial charge in [-0.1, -0.05) is 0 Å². The second kappa shape index (κ2) is 4.52. The van der Waals surface area contributed by atoms with E-state index in [0.717, 1.165) is 0 Å². The Hall–Kier alpha value is -1.30. The number of anilines is 1. The van der Waals surface area contributed by atoms with Crippen LogP contribution in [0.1, 0.15) is 25.0 Å². The third-order valence-corrected chi connectivity index (χ3v) is 3.19. The van der Waals surface area contributed by atoms with Gasteiger partial charge in [0.15, 0.2) is 0 Å². The number of nitrogens with zero attached hydrogens (tertiary/aromatic N) is 3. The molecule has 1 aliphatic rings. The molecule has 0 aromatic carbocycles. The average molecular weight is 242 g/mol. The van der Waals surface area contributed by atoms with Gasteiger partial charge >= 0.3 is 0 Å². The minimum Gasteiger partial charge on any atom is -0.355 e. The van der Waals surface area contributed by atoms with E-state index in [1.54, 1.807) is 24.3 Å². The molecule has 2 N–H and O–H groups in total. The molecular weight excluding hydrogens is 226 g/mol. The maximum Gasteiger partial charge on any atom is 0.250 e. The monoisotopic (exact) mass is 242 g/mol. The first-order valence-corrected chi connectivity index (χ1v) is 5.63. The highest BCUT2D eigenvalue weighted by Gasteiger charge is 2.41. The summed E-state index contributed by atoms with van der Waals surface area (Å²) in [6.07, 6.45) is 3.50. The van der Waals surface area contributed by atoms with Gasteiger partial charge in [-0.3, -0.25) is 4.98 Å². The maximum absolute atomic E-state index is 13.1. The summed E-state index contributed by atoms with van der Waals surface area (Å²) in [5.41, 5.74) is 6.11. The van der Waals surface area contributed by atoms with E-state index in [-0.39, 0.29) is 18.9 Å². The molecule has 1 aliphatic carbocycles. The molecule has 0 saturated heterocycles. The Kier molecular flexibility index (Phi) is 3.24. The summed E-state index contributed by atoms with van der Waals surface area (Å²) in [7, 11) is 1.78. The smallest absolute Gasteiger partial charge is 0.250 e. The van der Waals surface area contributed by atoms with Crippen LogP contribution in [0.4, 0.5) is 14.6 Å². The number of halogens is 2. The van der Waals surface area contributed by atoms with E-state index in [9.17, 15) is 8.78 Å². The van der Waals surface area contributed by atoms with Crippen LogP contribution >= 0.6 is 0 Å². The summed E-state index contributed by atoms with van der Waals surface area (Å²) >= 11 is 0. The van der Waals surface area contributed by atoms with Gasteiger partial charge in [0.2, 0.25) is 5.92 Å². The Labute approximate surface area is 98.9 Å². The zero-order valence-corrected chi connectivity index (χ0v) is 9.74. The van der Waals surface area contributed by atoms with E-state index in [1.807, 2.05) is 0 Å². The number of rotatable bonds is 3. The molecule has 17 heavy (non-hydrogen) atoms. The van der Waals surface area contributed by atoms with Crippen LogP contribution in [-0.4, -0.2) is 29.0 Å². The summed E-state index contributed by atoms with van der Waals surface area (Å²) in [5.74, 6) is -1.92. The van der Waals surface area contributed by atoms with Crippen molar-refractivity contribution in [1.29, 1.82) is 0 Å². The van der Waals surface area contributed by atoms with Gasteiger partial charge in [-0.2, -0.15) is 0 Å². The molecule has 1 aromatic rings. The minimum atomic E-state index is -2.54. The van der Waals surface area contributed by atoms with E-state index < -0.39 is 5.92 Å². The van der Waals surface area contributed by atoms with Crippen LogP contribution in [0.5, 0.6) is 0 Å². The summed E-state index contributed by atoms with van der Waals surface area (Å²) in [5, 5.41) is 0. The number of hydrogen-bond donors (Lipinski definition) is 1. The van der Waals surface area contributed by atoms with Gasteiger partial charge in [-0.25, -0.2) is 13.8 Å². The van der Waals surface area contributed by atoms with Gasteiger partial charge in [0, 0.05) is 32.5 Å². The third kappa shape index (κ3) is 2.69. The lowest BCUT2D eigenvalue weighted by Crippen LogP contribution is -2.31. The summed E-state index contributed by atoms with van der Waals surface area (Å²) in [4.78, 5) is 10.1. The maximum atomic E-state index is 13.1. The van der Waals surface area contributed by atoms with Crippen molar-refractivity contribution in [2.24, 2.45) is 5.73 Å². The molecule has 1 atom stereocenters. The molecule has 0 radical (unpaired) electrons. The standard InChI is InChI=1S/C11H16F2N4/c1-17(9-2-3-11(12,13)4-9)10-7-15-8(5-14)6-16-10/h6-7,9H,2-5,14H2,1H3. The van der Waals surface area contributed by atoms with Crippen molar-refractivity contribution in [1.82, 2.24) is 9.97 Å². The van der Waals surface area contributed by atoms with Crippen LogP contribution in [0.3, 0.4) is 0 Å². The fourth-order valence-electron chi connectivity index (χ4n) is 2.08. The number of hydrogen-bond acceptors (Lipinski definition) is 4. The Bertz CT molecular complexity index is 380. The Morgan fingerprint density at radius 2 is 2.24 bits per heavy atom. The molecule has 1 fully saturated rings. The molecule has 1 saturated carbocycles. The van der Waals surface area contributed by atoms with E-state index in [2.05, 4.69) is 9.97 Å². The Morgan fingerprint density at radius 3 is 2.71 bits per heavy atom. The van der Waals surface area contributed by atoms with Crippen LogP contribution in [0.15, 0.2) is 12.4 Å². The summed E-state index contributed by atoms with van der Waals surface area (Å²) in [6, 6.07) is -0.164. The fraction of sp³-hybridized carbons (Fsp3) is 0.636. The Morgan fingerprint density at radius 1 is 1.47 bits per heavy atom. The largest absolute Gasteiger partial charge is 0.355 e. The third-order valence-electron chi connectivity index (χ3n) is 3.19. The first kappa shape index (κ1) is 12.2. The van der Waals surface area contributed by atoms with Crippen molar-refractivity contribution in [3.05, 3.63) is 18.1 Å². The number of alkyl halides is 2. The summed E-state index contributed by atoms with van der Waals surface area (Å²) in [6.45, 7) is 0.332. The van der Waals surface area contributed by atoms with E-state index in [1.165, 1.54) is 0 Å². The SMILES string of the molecule is CN(c1cnc(CN)cn1)C1CCC(F)(F)C1. The molecule has 0 spiro atoms. The van der Waals surface area contributed by atoms with Crippen LogP contribution in [0.25, 0.3) is 0 Å². The summed E-state index contributed by atoms with van der Waals surface area (Å²) < 4.78 is 26.2. The lowest BCUT2D eigenvalue weighted by atomic mass is 10.2. The van der Waals surface area contributed by atoms with Gasteiger partial charge in [0.25, 0.3) is 0 Å². The molecule has 2 rings (SSSR count). The second-order valence-electron chi connectivity index (χ2n) is 4.43. The van der Waals surface area contributed by atoms with Crippen LogP contribution < -0.4 is 10.6 Å². The van der Waals surface area contributed by atoms with Crippen molar-refractivity contribution in [3.8, 4) is 0 Å². The Balaban J connectivity index is 2.06. The van der Waals surface area contributed by atoms with Crippen LogP contribution in [0.2, 0.25) is 0 Å². The topological polar surface area (TPSA) is 55.0 Å². The molecule has 0 aliphatic heterocycles. The van der Waals surface area contributed by atoms with E-state index in [0.29, 0.717) is 24.5 Å². The number of aromatic nitrogens is 2. The normalized spacial score (nSPS) is 22.7. The van der Waals surface area contributed by atoms with Crippen LogP contribution in [0, 0.1) is 0 Å². The lowest BCUT2D eigenvalue weighted by Gasteiger charge is -2.25. The van der Waals surface area contributed by atoms with Crippen molar-refractivity contribution in [2.45, 2.75) is 37.8 Å². The molecular formula is C11H16F2N4. The number of nitrogens with two attached hydrogens (primary N) is 1. The van der Waals surface area contributed by atoms with Gasteiger partial charge in [0.05, 0.1) is 18.1 Å². The highest BCUT2D eigenvalue weighted by atomic mass is 19.3. The second-order valence-corrected chi connectivity index (χ2v) is 4.43. The van der Waals surface area contributed by atoms with Gasteiger partial charge in [-0.15, -0.1) is 0 Å². The molecule has 6 heteroatoms. The van der Waals surface area contributed by atoms with Gasteiger partial charge in [0.1, 0.15) is 5.82 Å². The lowest BCUT2D eigenvalue weighted by molar-refractivity contribution is 0.00786. The predicted molar refractivity (Wildman–Crippen MR) is 60.9 cm³/mol. The first-order chi connectivity index (χ1) is 8.02. The highest BCUT2D eigenvalue weighted by molar-refractivity contribution is 5.36. The molecule has 1 unspecified atom stereocenters. The van der Waals surface area contributed by atoms with Gasteiger partial charge < -0.3 is 10.6 Å². The molecule has 1 heterocycles. The fourth-order valence-corrected chi connectivity index (χ4v) is 2.08. The molecule has 1 aromatic heterocycles. The molecule has 0 bridgehead atoms. The van der Waals surface area contributed by atoms with Crippen molar-refractivity contribution < 1.29 is 8.78 Å². The van der Waals surface area contributed by atoms with E-state index in [4.69, 9.17) is 5.73 Å². The minimum absolute atomic E-state index is 0.0453. The van der Waals surface area contributed by atoms with Gasteiger partial charge in [-0.05, 0) is 6.42 Å². The van der Waals surface area contributed by atoms with Crippen molar-refractivity contribution in [3.63, 3.8) is 0 Å². The highest BCUT2D eigenvalue weighted by Crippen LogP contribution is 2.37. The van der Waals surface area contributed by atoms with E-state index >= 15 is 0 Å². The average Bonchev–Trinajstić information content (AvgIpc) is 2.69. The molecule has 0 amide bonds. The first-order valence-electron chi connectivity index (χ1n) is 5.63. The molecule has 4 nitrogen and oxygen atoms in total. The molecule has 94 valence electrons. The zero-order chi connectivity index (χ0) is 12.5. The van der Waals surface area contributed by atoms with Crippen molar-refractivity contribution in [2.75, 3.05) is 11.9 Å². The quantitative estimate of drug-likeness (QED) is 0.874. The zero-order valence-electron chi connectivity index (χ0n) is 9.74. The predicted octanol–water partition coefficient (Wildman–Crippen LogP) is 1.56. The van der Waals surface area contributed by atoms with Crippen molar-refractivity contribution >= 4 is 5.82 Å².